The fraction of sp³-hybridized carbons (Fsp3) is 0.667. The van der Waals surface area contributed by atoms with Gasteiger partial charge in [-0.05, 0) is 38.4 Å². The lowest BCUT2D eigenvalue weighted by atomic mass is 9.70. The van der Waals surface area contributed by atoms with Crippen LogP contribution in [0.4, 0.5) is 0 Å². The molecule has 1 aliphatic carbocycles. The Kier molecular flexibility index (Phi) is 4.59. The molecule has 1 spiro atoms. The molecule has 1 atom stereocenters. The first-order valence-corrected chi connectivity index (χ1v) is 9.75. The number of carbonyl (C=O) groups is 1. The van der Waals surface area contributed by atoms with E-state index in [1.165, 1.54) is 12.0 Å². The Bertz CT molecular complexity index is 605. The van der Waals surface area contributed by atoms with Gasteiger partial charge in [-0.2, -0.15) is 0 Å². The molecular formula is C21H31N3O. The molecule has 2 heterocycles. The Labute approximate surface area is 151 Å². The van der Waals surface area contributed by atoms with E-state index in [0.717, 1.165) is 52.1 Å². The van der Waals surface area contributed by atoms with Gasteiger partial charge in [0.05, 0.1) is 0 Å². The molecule has 1 aromatic rings. The normalized spacial score (nSPS) is 26.0. The highest BCUT2D eigenvalue weighted by atomic mass is 16.2. The second-order valence-electron chi connectivity index (χ2n) is 8.80. The molecule has 2 saturated heterocycles. The summed E-state index contributed by atoms with van der Waals surface area (Å²) >= 11 is 0. The number of nitrogens with zero attached hydrogens (tertiary/aromatic N) is 3. The minimum Gasteiger partial charge on any atom is -0.341 e. The lowest BCUT2D eigenvalue weighted by Gasteiger charge is -2.53. The highest BCUT2D eigenvalue weighted by Gasteiger charge is 2.55. The van der Waals surface area contributed by atoms with E-state index in [9.17, 15) is 4.79 Å². The molecular weight excluding hydrogens is 310 g/mol. The summed E-state index contributed by atoms with van der Waals surface area (Å²) < 4.78 is 0. The standard InChI is InChI=1S/C21H31N3O/c1-22(2)12-19-13-23(11-17-7-4-3-5-8-17)14-21(19)15-24(16-21)20(25)18-9-6-10-18/h3-5,7-8,18-19H,6,9-16H2,1-2H3. The molecule has 2 aliphatic heterocycles. The third kappa shape index (κ3) is 3.34. The number of likely N-dealkylation sites (tertiary alicyclic amines) is 2. The third-order valence-corrected chi connectivity index (χ3v) is 6.50. The van der Waals surface area contributed by atoms with Gasteiger partial charge >= 0.3 is 0 Å². The fourth-order valence-electron chi connectivity index (χ4n) is 4.94. The van der Waals surface area contributed by atoms with Crippen LogP contribution in [0.2, 0.25) is 0 Å². The second-order valence-corrected chi connectivity index (χ2v) is 8.80. The van der Waals surface area contributed by atoms with Crippen molar-refractivity contribution in [3.63, 3.8) is 0 Å². The summed E-state index contributed by atoms with van der Waals surface area (Å²) in [5.74, 6) is 1.44. The van der Waals surface area contributed by atoms with E-state index in [1.54, 1.807) is 0 Å². The number of amides is 1. The van der Waals surface area contributed by atoms with Crippen LogP contribution in [0.15, 0.2) is 30.3 Å². The molecule has 136 valence electrons. The second kappa shape index (κ2) is 6.73. The molecule has 25 heavy (non-hydrogen) atoms. The van der Waals surface area contributed by atoms with Crippen molar-refractivity contribution in [1.29, 1.82) is 0 Å². The minimum atomic E-state index is 0.318. The molecule has 0 N–H and O–H groups in total. The van der Waals surface area contributed by atoms with Crippen molar-refractivity contribution in [2.24, 2.45) is 17.3 Å². The van der Waals surface area contributed by atoms with Gasteiger partial charge in [0.25, 0.3) is 0 Å². The molecule has 4 heteroatoms. The van der Waals surface area contributed by atoms with E-state index >= 15 is 0 Å². The van der Waals surface area contributed by atoms with Crippen LogP contribution in [0.5, 0.6) is 0 Å². The maximum Gasteiger partial charge on any atom is 0.225 e. The third-order valence-electron chi connectivity index (χ3n) is 6.50. The van der Waals surface area contributed by atoms with Crippen molar-refractivity contribution >= 4 is 5.91 Å². The number of hydrogen-bond acceptors (Lipinski definition) is 3. The van der Waals surface area contributed by atoms with E-state index in [0.29, 0.717) is 23.2 Å². The largest absolute Gasteiger partial charge is 0.341 e. The highest BCUT2D eigenvalue weighted by Crippen LogP contribution is 2.46. The molecule has 1 amide bonds. The first kappa shape index (κ1) is 17.0. The monoisotopic (exact) mass is 341 g/mol. The van der Waals surface area contributed by atoms with Gasteiger partial charge < -0.3 is 9.80 Å². The number of hydrogen-bond donors (Lipinski definition) is 0. The quantitative estimate of drug-likeness (QED) is 0.822. The van der Waals surface area contributed by atoms with Gasteiger partial charge in [-0.25, -0.2) is 0 Å². The van der Waals surface area contributed by atoms with Crippen LogP contribution in [0.1, 0.15) is 24.8 Å². The van der Waals surface area contributed by atoms with E-state index in [1.807, 2.05) is 0 Å². The molecule has 3 fully saturated rings. The van der Waals surface area contributed by atoms with Gasteiger partial charge in [0.15, 0.2) is 0 Å². The van der Waals surface area contributed by atoms with Crippen LogP contribution in [0, 0.1) is 17.3 Å². The molecule has 1 saturated carbocycles. The van der Waals surface area contributed by atoms with E-state index in [2.05, 4.69) is 59.1 Å². The molecule has 1 aromatic carbocycles. The first-order valence-electron chi connectivity index (χ1n) is 9.75. The van der Waals surface area contributed by atoms with Crippen molar-refractivity contribution in [2.45, 2.75) is 25.8 Å². The molecule has 3 aliphatic rings. The summed E-state index contributed by atoms with van der Waals surface area (Å²) in [6, 6.07) is 10.8. The summed E-state index contributed by atoms with van der Waals surface area (Å²) in [7, 11) is 4.34. The lowest BCUT2D eigenvalue weighted by molar-refractivity contribution is -0.152. The average Bonchev–Trinajstić information content (AvgIpc) is 2.82. The Hall–Kier alpha value is -1.39. The Balaban J connectivity index is 1.41. The molecule has 1 unspecified atom stereocenters. The topological polar surface area (TPSA) is 26.8 Å². The first-order chi connectivity index (χ1) is 12.1. The minimum absolute atomic E-state index is 0.318. The van der Waals surface area contributed by atoms with E-state index in [-0.39, 0.29) is 0 Å². The fourth-order valence-corrected chi connectivity index (χ4v) is 4.94. The van der Waals surface area contributed by atoms with Crippen LogP contribution >= 0.6 is 0 Å². The van der Waals surface area contributed by atoms with Crippen LogP contribution in [0.25, 0.3) is 0 Å². The predicted molar refractivity (Wildman–Crippen MR) is 100 cm³/mol. The Morgan fingerprint density at radius 3 is 2.48 bits per heavy atom. The zero-order valence-electron chi connectivity index (χ0n) is 15.7. The smallest absolute Gasteiger partial charge is 0.225 e. The van der Waals surface area contributed by atoms with Gasteiger partial charge in [-0.1, -0.05) is 36.8 Å². The van der Waals surface area contributed by atoms with Crippen LogP contribution in [-0.4, -0.2) is 67.4 Å². The molecule has 4 nitrogen and oxygen atoms in total. The van der Waals surface area contributed by atoms with Gasteiger partial charge in [0.2, 0.25) is 5.91 Å². The Morgan fingerprint density at radius 1 is 1.16 bits per heavy atom. The number of benzene rings is 1. The highest BCUT2D eigenvalue weighted by molar-refractivity contribution is 5.80. The summed E-state index contributed by atoms with van der Waals surface area (Å²) in [6.07, 6.45) is 3.47. The van der Waals surface area contributed by atoms with Crippen LogP contribution < -0.4 is 0 Å². The van der Waals surface area contributed by atoms with Crippen LogP contribution in [-0.2, 0) is 11.3 Å². The van der Waals surface area contributed by atoms with Crippen LogP contribution in [0.3, 0.4) is 0 Å². The summed E-state index contributed by atoms with van der Waals surface area (Å²) in [5, 5.41) is 0. The zero-order valence-corrected chi connectivity index (χ0v) is 15.7. The Morgan fingerprint density at radius 2 is 1.88 bits per heavy atom. The maximum absolute atomic E-state index is 12.6. The van der Waals surface area contributed by atoms with Crippen molar-refractivity contribution in [3.05, 3.63) is 35.9 Å². The maximum atomic E-state index is 12.6. The molecule has 0 radical (unpaired) electrons. The summed E-state index contributed by atoms with van der Waals surface area (Å²) in [4.78, 5) is 19.6. The average molecular weight is 341 g/mol. The van der Waals surface area contributed by atoms with E-state index in [4.69, 9.17) is 0 Å². The van der Waals surface area contributed by atoms with Gasteiger partial charge in [0.1, 0.15) is 0 Å². The van der Waals surface area contributed by atoms with Crippen molar-refractivity contribution in [1.82, 2.24) is 14.7 Å². The molecule has 0 bridgehead atoms. The molecule has 0 aromatic heterocycles. The predicted octanol–water partition coefficient (Wildman–Crippen LogP) is 2.31. The summed E-state index contributed by atoms with van der Waals surface area (Å²) in [5.41, 5.74) is 1.71. The lowest BCUT2D eigenvalue weighted by Crippen LogP contribution is -2.64. The summed E-state index contributed by atoms with van der Waals surface area (Å²) in [6.45, 7) is 6.39. The van der Waals surface area contributed by atoms with Gasteiger partial charge in [-0.15, -0.1) is 0 Å². The number of carbonyl (C=O) groups excluding carboxylic acids is 1. The van der Waals surface area contributed by atoms with Crippen molar-refractivity contribution < 1.29 is 4.79 Å². The van der Waals surface area contributed by atoms with Gasteiger partial charge in [-0.3, -0.25) is 9.69 Å². The number of rotatable bonds is 5. The zero-order chi connectivity index (χ0) is 17.4. The van der Waals surface area contributed by atoms with Crippen molar-refractivity contribution in [3.8, 4) is 0 Å². The van der Waals surface area contributed by atoms with Crippen molar-refractivity contribution in [2.75, 3.05) is 46.8 Å². The van der Waals surface area contributed by atoms with E-state index < -0.39 is 0 Å². The van der Waals surface area contributed by atoms with Gasteiger partial charge in [0, 0.05) is 50.6 Å². The SMILES string of the molecule is CN(C)CC1CN(Cc2ccccc2)CC12CN(C(=O)C1CCC1)C2. The molecule has 4 rings (SSSR count).